The molecule has 1 saturated heterocycles. The summed E-state index contributed by atoms with van der Waals surface area (Å²) in [7, 11) is 0. The molecule has 0 saturated carbocycles. The van der Waals surface area contributed by atoms with Crippen molar-refractivity contribution >= 4 is 34.9 Å². The molecule has 1 fully saturated rings. The lowest BCUT2D eigenvalue weighted by molar-refractivity contribution is -0.130. The van der Waals surface area contributed by atoms with Gasteiger partial charge in [0.05, 0.1) is 10.9 Å². The molecule has 0 aliphatic carbocycles. The van der Waals surface area contributed by atoms with Gasteiger partial charge in [-0.05, 0) is 30.4 Å². The zero-order valence-corrected chi connectivity index (χ0v) is 15.3. The van der Waals surface area contributed by atoms with E-state index < -0.39 is 0 Å². The summed E-state index contributed by atoms with van der Waals surface area (Å²) in [4.78, 5) is 43.1. The third-order valence-electron chi connectivity index (χ3n) is 4.55. The fourth-order valence-corrected chi connectivity index (χ4v) is 3.36. The summed E-state index contributed by atoms with van der Waals surface area (Å²) in [6.45, 7) is 7.53. The Labute approximate surface area is 155 Å². The highest BCUT2D eigenvalue weighted by atomic mass is 32.1. The minimum atomic E-state index is -0.210. The molecule has 26 heavy (non-hydrogen) atoms. The molecule has 0 bridgehead atoms. The first-order chi connectivity index (χ1) is 12.4. The quantitative estimate of drug-likeness (QED) is 0.655. The maximum Gasteiger partial charge on any atom is 0.262 e. The van der Waals surface area contributed by atoms with Crippen molar-refractivity contribution in [3.63, 3.8) is 0 Å². The number of hydrogen-bond acceptors (Lipinski definition) is 4. The zero-order chi connectivity index (χ0) is 18.8. The fourth-order valence-electron chi connectivity index (χ4n) is 3.09. The third kappa shape index (κ3) is 3.32. The van der Waals surface area contributed by atoms with E-state index in [0.29, 0.717) is 54.0 Å². The number of piperazine rings is 1. The highest BCUT2D eigenvalue weighted by molar-refractivity contribution is 7.71. The second-order valence-electron chi connectivity index (χ2n) is 6.19. The Bertz CT molecular complexity index is 1000. The van der Waals surface area contributed by atoms with Crippen LogP contribution in [0, 0.1) is 4.77 Å². The average molecular weight is 372 g/mol. The lowest BCUT2D eigenvalue weighted by Gasteiger charge is -2.34. The molecule has 0 unspecified atom stereocenters. The van der Waals surface area contributed by atoms with E-state index in [1.54, 1.807) is 34.1 Å². The average Bonchev–Trinajstić information content (AvgIpc) is 2.64. The minimum Gasteiger partial charge on any atom is -0.339 e. The zero-order valence-electron chi connectivity index (χ0n) is 14.5. The summed E-state index contributed by atoms with van der Waals surface area (Å²) < 4.78 is 1.72. The number of fused-ring (bicyclic) bond motifs is 1. The Morgan fingerprint density at radius 3 is 2.50 bits per heavy atom. The minimum absolute atomic E-state index is 0.0196. The van der Waals surface area contributed by atoms with Gasteiger partial charge in [-0.25, -0.2) is 0 Å². The molecule has 3 rings (SSSR count). The van der Waals surface area contributed by atoms with E-state index in [-0.39, 0.29) is 17.4 Å². The molecular formula is C18H20N4O3S. The van der Waals surface area contributed by atoms with Crippen LogP contribution in [0.25, 0.3) is 10.9 Å². The molecule has 1 aromatic heterocycles. The van der Waals surface area contributed by atoms with Crippen molar-refractivity contribution in [2.24, 2.45) is 0 Å². The molecule has 2 heterocycles. The van der Waals surface area contributed by atoms with Gasteiger partial charge in [0.15, 0.2) is 4.77 Å². The van der Waals surface area contributed by atoms with Crippen LogP contribution in [0.5, 0.6) is 0 Å². The van der Waals surface area contributed by atoms with Crippen LogP contribution in [0.1, 0.15) is 17.3 Å². The second kappa shape index (κ2) is 7.25. The monoisotopic (exact) mass is 372 g/mol. The number of aromatic nitrogens is 2. The van der Waals surface area contributed by atoms with E-state index in [1.807, 2.05) is 0 Å². The van der Waals surface area contributed by atoms with Gasteiger partial charge in [-0.15, -0.1) is 6.58 Å². The number of benzene rings is 1. The molecule has 0 radical (unpaired) electrons. The lowest BCUT2D eigenvalue weighted by atomic mass is 10.1. The van der Waals surface area contributed by atoms with Gasteiger partial charge in [0.2, 0.25) is 5.91 Å². The molecule has 1 aromatic carbocycles. The molecule has 1 aliphatic heterocycles. The molecule has 0 spiro atoms. The summed E-state index contributed by atoms with van der Waals surface area (Å²) >= 11 is 5.23. The van der Waals surface area contributed by atoms with E-state index in [2.05, 4.69) is 11.6 Å². The van der Waals surface area contributed by atoms with E-state index in [9.17, 15) is 14.4 Å². The Balaban J connectivity index is 1.90. The first-order valence-electron chi connectivity index (χ1n) is 8.35. The Morgan fingerprint density at radius 2 is 1.88 bits per heavy atom. The molecule has 1 aliphatic rings. The Morgan fingerprint density at radius 1 is 1.23 bits per heavy atom. The Kier molecular flexibility index (Phi) is 5.03. The number of carbonyl (C=O) groups is 2. The summed E-state index contributed by atoms with van der Waals surface area (Å²) in [5.41, 5.74) is 0.812. The lowest BCUT2D eigenvalue weighted by Crippen LogP contribution is -2.50. The SMILES string of the molecule is C=CCn1c(=S)[nH]c2cc(C(=O)N3CCN(C(C)=O)CC3)ccc2c1=O. The number of allylic oxidation sites excluding steroid dienone is 1. The van der Waals surface area contributed by atoms with Gasteiger partial charge in [0.25, 0.3) is 11.5 Å². The predicted octanol–water partition coefficient (Wildman–Crippen LogP) is 1.55. The summed E-state index contributed by atoms with van der Waals surface area (Å²) in [5.74, 6) is -0.101. The second-order valence-corrected chi connectivity index (χ2v) is 6.58. The van der Waals surface area contributed by atoms with Crippen molar-refractivity contribution in [1.29, 1.82) is 0 Å². The molecule has 0 atom stereocenters. The van der Waals surface area contributed by atoms with Crippen LogP contribution in [0.2, 0.25) is 0 Å². The number of nitrogens with one attached hydrogen (secondary N) is 1. The predicted molar refractivity (Wildman–Crippen MR) is 102 cm³/mol. The fraction of sp³-hybridized carbons (Fsp3) is 0.333. The summed E-state index contributed by atoms with van der Waals surface area (Å²) in [6.07, 6.45) is 1.61. The number of rotatable bonds is 3. The molecule has 2 amide bonds. The van der Waals surface area contributed by atoms with Crippen molar-refractivity contribution in [2.45, 2.75) is 13.5 Å². The van der Waals surface area contributed by atoms with Crippen molar-refractivity contribution in [3.8, 4) is 0 Å². The molecule has 8 heteroatoms. The number of H-pyrrole nitrogens is 1. The topological polar surface area (TPSA) is 78.4 Å². The van der Waals surface area contributed by atoms with Crippen molar-refractivity contribution in [1.82, 2.24) is 19.4 Å². The van der Waals surface area contributed by atoms with Crippen molar-refractivity contribution < 1.29 is 9.59 Å². The molecular weight excluding hydrogens is 352 g/mol. The van der Waals surface area contributed by atoms with Gasteiger partial charge in [-0.1, -0.05) is 6.08 Å². The van der Waals surface area contributed by atoms with E-state index in [0.717, 1.165) is 0 Å². The van der Waals surface area contributed by atoms with Gasteiger partial charge in [0.1, 0.15) is 0 Å². The molecule has 7 nitrogen and oxygen atoms in total. The Hall–Kier alpha value is -2.74. The number of amides is 2. The van der Waals surface area contributed by atoms with Gasteiger partial charge in [-0.2, -0.15) is 0 Å². The van der Waals surface area contributed by atoms with Gasteiger partial charge >= 0.3 is 0 Å². The first kappa shape index (κ1) is 18.1. The standard InChI is InChI=1S/C18H20N4O3S/c1-3-6-22-17(25)14-5-4-13(11-15(14)19-18(22)26)16(24)21-9-7-20(8-10-21)12(2)23/h3-5,11H,1,6-10H2,2H3,(H,19,26). The van der Waals surface area contributed by atoms with E-state index in [4.69, 9.17) is 12.2 Å². The van der Waals surface area contributed by atoms with Gasteiger partial charge in [-0.3, -0.25) is 19.0 Å². The van der Waals surface area contributed by atoms with Gasteiger partial charge < -0.3 is 14.8 Å². The van der Waals surface area contributed by atoms with E-state index >= 15 is 0 Å². The summed E-state index contributed by atoms with van der Waals surface area (Å²) in [5, 5.41) is 0.471. The van der Waals surface area contributed by atoms with Crippen LogP contribution in [-0.4, -0.2) is 57.3 Å². The summed E-state index contributed by atoms with van der Waals surface area (Å²) in [6, 6.07) is 4.95. The van der Waals surface area contributed by atoms with Crippen LogP contribution in [0.15, 0.2) is 35.6 Å². The van der Waals surface area contributed by atoms with Crippen LogP contribution < -0.4 is 5.56 Å². The van der Waals surface area contributed by atoms with E-state index in [1.165, 1.54) is 11.5 Å². The third-order valence-corrected chi connectivity index (χ3v) is 4.88. The number of hydrogen-bond donors (Lipinski definition) is 1. The number of aromatic amines is 1. The maximum absolute atomic E-state index is 12.7. The van der Waals surface area contributed by atoms with Crippen molar-refractivity contribution in [2.75, 3.05) is 26.2 Å². The van der Waals surface area contributed by atoms with Crippen LogP contribution in [0.4, 0.5) is 0 Å². The number of nitrogens with zero attached hydrogens (tertiary/aromatic N) is 3. The van der Waals surface area contributed by atoms with Crippen LogP contribution >= 0.6 is 12.2 Å². The highest BCUT2D eigenvalue weighted by Gasteiger charge is 2.23. The normalized spacial score (nSPS) is 14.5. The van der Waals surface area contributed by atoms with Crippen LogP contribution in [-0.2, 0) is 11.3 Å². The maximum atomic E-state index is 12.7. The highest BCUT2D eigenvalue weighted by Crippen LogP contribution is 2.14. The smallest absolute Gasteiger partial charge is 0.262 e. The molecule has 2 aromatic rings. The van der Waals surface area contributed by atoms with Gasteiger partial charge in [0, 0.05) is 45.2 Å². The first-order valence-corrected chi connectivity index (χ1v) is 8.75. The molecule has 136 valence electrons. The largest absolute Gasteiger partial charge is 0.339 e. The van der Waals surface area contributed by atoms with Crippen molar-refractivity contribution in [3.05, 3.63) is 51.5 Å². The number of carbonyl (C=O) groups excluding carboxylic acids is 2. The molecule has 1 N–H and O–H groups in total. The van der Waals surface area contributed by atoms with Crippen LogP contribution in [0.3, 0.4) is 0 Å².